The van der Waals surface area contributed by atoms with E-state index in [-0.39, 0.29) is 0 Å². The van der Waals surface area contributed by atoms with Crippen LogP contribution in [-0.2, 0) is 4.74 Å². The van der Waals surface area contributed by atoms with Crippen molar-refractivity contribution in [2.45, 2.75) is 115 Å². The zero-order chi connectivity index (χ0) is 18.5. The molecule has 0 unspecified atom stereocenters. The van der Waals surface area contributed by atoms with Gasteiger partial charge in [0.15, 0.2) is 0 Å². The summed E-state index contributed by atoms with van der Waals surface area (Å²) in [6.45, 7) is 6.06. The van der Waals surface area contributed by atoms with Gasteiger partial charge in [0.05, 0.1) is 12.2 Å². The van der Waals surface area contributed by atoms with Crippen LogP contribution in [-0.4, -0.2) is 53.2 Å². The van der Waals surface area contributed by atoms with Gasteiger partial charge in [-0.2, -0.15) is 0 Å². The normalized spacial score (nSPS) is 26.6. The predicted molar refractivity (Wildman–Crippen MR) is 105 cm³/mol. The first kappa shape index (κ1) is 22.9. The van der Waals surface area contributed by atoms with Crippen LogP contribution in [0.25, 0.3) is 0 Å². The van der Waals surface area contributed by atoms with Gasteiger partial charge in [-0.15, -0.1) is 0 Å². The van der Waals surface area contributed by atoms with Gasteiger partial charge in [0, 0.05) is 26.0 Å². The number of ether oxygens (including phenoxy) is 1. The average molecular weight is 358 g/mol. The van der Waals surface area contributed by atoms with Crippen molar-refractivity contribution in [2.24, 2.45) is 0 Å². The van der Waals surface area contributed by atoms with Crippen LogP contribution in [0.4, 0.5) is 0 Å². The van der Waals surface area contributed by atoms with Crippen LogP contribution in [0.2, 0.25) is 0 Å². The largest absolute Gasteiger partial charge is 0.393 e. The fourth-order valence-electron chi connectivity index (χ4n) is 3.95. The molecule has 0 saturated heterocycles. The molecule has 1 saturated carbocycles. The summed E-state index contributed by atoms with van der Waals surface area (Å²) in [5.74, 6) is 0. The summed E-state index contributed by atoms with van der Waals surface area (Å²) in [6, 6.07) is 0. The lowest BCUT2D eigenvalue weighted by Gasteiger charge is -2.41. The van der Waals surface area contributed by atoms with Gasteiger partial charge < -0.3 is 14.9 Å². The molecule has 0 amide bonds. The molecule has 4 nitrogen and oxygen atoms in total. The molecule has 1 fully saturated rings. The molecule has 4 heteroatoms. The monoisotopic (exact) mass is 357 g/mol. The first-order chi connectivity index (χ1) is 12.1. The van der Waals surface area contributed by atoms with Crippen molar-refractivity contribution >= 4 is 0 Å². The van der Waals surface area contributed by atoms with Crippen LogP contribution in [0.3, 0.4) is 0 Å². The Hall–Kier alpha value is -0.160. The van der Waals surface area contributed by atoms with Gasteiger partial charge in [-0.25, -0.2) is 0 Å². The summed E-state index contributed by atoms with van der Waals surface area (Å²) < 4.78 is 6.24. The van der Waals surface area contributed by atoms with Crippen LogP contribution in [0.5, 0.6) is 0 Å². The van der Waals surface area contributed by atoms with E-state index in [0.717, 1.165) is 19.4 Å². The molecule has 150 valence electrons. The Morgan fingerprint density at radius 1 is 0.880 bits per heavy atom. The lowest BCUT2D eigenvalue weighted by atomic mass is 10.1. The predicted octanol–water partition coefficient (Wildman–Crippen LogP) is 4.48. The molecule has 1 rings (SSSR count). The molecule has 1 aliphatic rings. The number of aliphatic hydroxyl groups is 2. The molecule has 1 aliphatic carbocycles. The van der Waals surface area contributed by atoms with Gasteiger partial charge in [0.2, 0.25) is 0 Å². The van der Waals surface area contributed by atoms with Gasteiger partial charge in [-0.3, -0.25) is 4.90 Å². The number of hydrogen-bond acceptors (Lipinski definition) is 4. The fourth-order valence-corrected chi connectivity index (χ4v) is 3.95. The molecule has 0 heterocycles. The molecular weight excluding hydrogens is 314 g/mol. The van der Waals surface area contributed by atoms with E-state index in [2.05, 4.69) is 18.7 Å². The first-order valence-electron chi connectivity index (χ1n) is 10.8. The minimum absolute atomic E-state index is 0.427. The number of rotatable bonds is 15. The number of nitrogens with zero attached hydrogens (tertiary/aromatic N) is 1. The molecular formula is C21H43NO3. The highest BCUT2D eigenvalue weighted by Gasteiger charge is 2.50. The van der Waals surface area contributed by atoms with Crippen LogP contribution in [0, 0.1) is 0 Å². The maximum atomic E-state index is 10.6. The van der Waals surface area contributed by atoms with Crippen molar-refractivity contribution in [1.29, 1.82) is 0 Å². The van der Waals surface area contributed by atoms with Crippen LogP contribution >= 0.6 is 0 Å². The third-order valence-corrected chi connectivity index (χ3v) is 5.64. The molecule has 0 bridgehead atoms. The van der Waals surface area contributed by atoms with E-state index in [1.54, 1.807) is 0 Å². The molecule has 0 aromatic rings. The summed E-state index contributed by atoms with van der Waals surface area (Å²) in [4.78, 5) is 2.16. The van der Waals surface area contributed by atoms with E-state index in [1.807, 2.05) is 7.05 Å². The van der Waals surface area contributed by atoms with Crippen molar-refractivity contribution < 1.29 is 14.9 Å². The Bertz CT molecular complexity index is 326. The third kappa shape index (κ3) is 7.94. The molecule has 3 atom stereocenters. The zero-order valence-corrected chi connectivity index (χ0v) is 17.0. The second-order valence-electron chi connectivity index (χ2n) is 7.91. The molecule has 0 spiro atoms. The number of aliphatic hydroxyl groups excluding tert-OH is 2. The smallest absolute Gasteiger partial charge is 0.150 e. The molecule has 0 aromatic carbocycles. The van der Waals surface area contributed by atoms with E-state index < -0.39 is 17.9 Å². The maximum absolute atomic E-state index is 10.6. The van der Waals surface area contributed by atoms with Crippen molar-refractivity contribution in [1.82, 2.24) is 4.90 Å². The summed E-state index contributed by atoms with van der Waals surface area (Å²) in [7, 11) is 2.04. The second kappa shape index (κ2) is 13.1. The van der Waals surface area contributed by atoms with Gasteiger partial charge in [-0.05, 0) is 19.9 Å². The number of hydrogen-bond donors (Lipinski definition) is 2. The first-order valence-corrected chi connectivity index (χ1v) is 10.8. The quantitative estimate of drug-likeness (QED) is 0.335. The van der Waals surface area contributed by atoms with Gasteiger partial charge in [-0.1, -0.05) is 71.6 Å². The zero-order valence-electron chi connectivity index (χ0n) is 17.0. The van der Waals surface area contributed by atoms with E-state index in [9.17, 15) is 10.2 Å². The van der Waals surface area contributed by atoms with Crippen LogP contribution in [0.1, 0.15) is 97.3 Å². The van der Waals surface area contributed by atoms with E-state index in [0.29, 0.717) is 19.4 Å². The van der Waals surface area contributed by atoms with Crippen molar-refractivity contribution in [3.05, 3.63) is 0 Å². The van der Waals surface area contributed by atoms with Gasteiger partial charge in [0.1, 0.15) is 5.72 Å². The topological polar surface area (TPSA) is 52.9 Å². The third-order valence-electron chi connectivity index (χ3n) is 5.64. The van der Waals surface area contributed by atoms with E-state index >= 15 is 0 Å². The van der Waals surface area contributed by atoms with Gasteiger partial charge >= 0.3 is 0 Å². The molecule has 0 aliphatic heterocycles. The number of unbranched alkanes of at least 4 members (excludes halogenated alkanes) is 9. The highest BCUT2D eigenvalue weighted by molar-refractivity contribution is 4.97. The Morgan fingerprint density at radius 2 is 1.44 bits per heavy atom. The molecule has 25 heavy (non-hydrogen) atoms. The fraction of sp³-hybridized carbons (Fsp3) is 1.00. The van der Waals surface area contributed by atoms with Crippen molar-refractivity contribution in [3.63, 3.8) is 0 Å². The average Bonchev–Trinajstić information content (AvgIpc) is 2.88. The highest BCUT2D eigenvalue weighted by Crippen LogP contribution is 2.37. The Balaban J connectivity index is 2.40. The maximum Gasteiger partial charge on any atom is 0.150 e. The SMILES string of the molecule is CCCCCCCCO[C@@]1(N(C)CCCCCCC)C[C@@H](O)C[C@H]1O. The van der Waals surface area contributed by atoms with Crippen molar-refractivity contribution in [2.75, 3.05) is 20.2 Å². The molecule has 0 radical (unpaired) electrons. The Morgan fingerprint density at radius 3 is 2.00 bits per heavy atom. The summed E-state index contributed by atoms with van der Waals surface area (Å²) >= 11 is 0. The minimum Gasteiger partial charge on any atom is -0.393 e. The van der Waals surface area contributed by atoms with Crippen LogP contribution in [0.15, 0.2) is 0 Å². The van der Waals surface area contributed by atoms with Crippen LogP contribution < -0.4 is 0 Å². The number of likely N-dealkylation sites (N-methyl/N-ethyl adjacent to an activating group) is 1. The van der Waals surface area contributed by atoms with E-state index in [4.69, 9.17) is 4.74 Å². The summed E-state index contributed by atoms with van der Waals surface area (Å²) in [6.07, 6.45) is 13.5. The lowest BCUT2D eigenvalue weighted by Crippen LogP contribution is -2.54. The highest BCUT2D eigenvalue weighted by atomic mass is 16.5. The lowest BCUT2D eigenvalue weighted by molar-refractivity contribution is -0.195. The van der Waals surface area contributed by atoms with E-state index in [1.165, 1.54) is 57.8 Å². The summed E-state index contributed by atoms with van der Waals surface area (Å²) in [5, 5.41) is 20.6. The summed E-state index contributed by atoms with van der Waals surface area (Å²) in [5.41, 5.74) is -0.687. The van der Waals surface area contributed by atoms with Crippen molar-refractivity contribution in [3.8, 4) is 0 Å². The second-order valence-corrected chi connectivity index (χ2v) is 7.91. The molecule has 0 aromatic heterocycles. The minimum atomic E-state index is -0.687. The molecule has 2 N–H and O–H groups in total. The Labute approximate surface area is 155 Å². The van der Waals surface area contributed by atoms with Gasteiger partial charge in [0.25, 0.3) is 0 Å². The standard InChI is InChI=1S/C21H43NO3/c1-4-6-8-10-12-14-16-25-21(18-19(23)17-20(21)24)22(3)15-13-11-9-7-5-2/h19-20,23-24H,4-18H2,1-3H3/t19-,20+,21-/m0/s1. The Kier molecular flexibility index (Phi) is 12.0.